The second kappa shape index (κ2) is 5.96. The standard InChI is InChI=1S/C16H15N3O4/c17-15(20)11-2-4-14(18-8-11)23-13-3-1-10-5-6-19(16(21)22)9-12(10)7-13/h1-4,7-8H,5-6,9H2,(H2,17,20)(H,21,22). The maximum Gasteiger partial charge on any atom is 0.407 e. The van der Waals surface area contributed by atoms with Crippen molar-refractivity contribution in [2.24, 2.45) is 5.73 Å². The van der Waals surface area contributed by atoms with Crippen molar-refractivity contribution in [1.29, 1.82) is 0 Å². The van der Waals surface area contributed by atoms with Gasteiger partial charge in [-0.05, 0) is 35.7 Å². The molecule has 118 valence electrons. The summed E-state index contributed by atoms with van der Waals surface area (Å²) in [6.45, 7) is 0.842. The molecule has 0 aliphatic carbocycles. The van der Waals surface area contributed by atoms with E-state index in [9.17, 15) is 9.59 Å². The number of carbonyl (C=O) groups excluding carboxylic acids is 1. The normalized spacial score (nSPS) is 13.3. The maximum atomic E-state index is 11.1. The molecule has 7 nitrogen and oxygen atoms in total. The quantitative estimate of drug-likeness (QED) is 0.901. The van der Waals surface area contributed by atoms with Crippen LogP contribution in [0, 0.1) is 0 Å². The van der Waals surface area contributed by atoms with Gasteiger partial charge in [0, 0.05) is 25.4 Å². The third kappa shape index (κ3) is 3.23. The lowest BCUT2D eigenvalue weighted by Gasteiger charge is -2.26. The fourth-order valence-electron chi connectivity index (χ4n) is 2.47. The van der Waals surface area contributed by atoms with Gasteiger partial charge in [-0.3, -0.25) is 4.79 Å². The molecule has 7 heteroatoms. The monoisotopic (exact) mass is 313 g/mol. The van der Waals surface area contributed by atoms with Crippen molar-refractivity contribution in [1.82, 2.24) is 9.88 Å². The van der Waals surface area contributed by atoms with Crippen LogP contribution in [0.5, 0.6) is 11.6 Å². The van der Waals surface area contributed by atoms with Crippen LogP contribution in [-0.4, -0.2) is 33.5 Å². The summed E-state index contributed by atoms with van der Waals surface area (Å²) >= 11 is 0. The number of carbonyl (C=O) groups is 2. The largest absolute Gasteiger partial charge is 0.465 e. The van der Waals surface area contributed by atoms with Crippen LogP contribution in [0.25, 0.3) is 0 Å². The number of primary amides is 1. The Morgan fingerprint density at radius 2 is 2.04 bits per heavy atom. The summed E-state index contributed by atoms with van der Waals surface area (Å²) < 4.78 is 5.65. The number of rotatable bonds is 3. The van der Waals surface area contributed by atoms with E-state index in [-0.39, 0.29) is 0 Å². The van der Waals surface area contributed by atoms with Crippen molar-refractivity contribution in [3.63, 3.8) is 0 Å². The van der Waals surface area contributed by atoms with Gasteiger partial charge in [0.05, 0.1) is 5.56 Å². The van der Waals surface area contributed by atoms with Gasteiger partial charge in [0.15, 0.2) is 0 Å². The van der Waals surface area contributed by atoms with E-state index in [0.29, 0.717) is 36.7 Å². The molecule has 2 heterocycles. The number of nitrogens with zero attached hydrogens (tertiary/aromatic N) is 2. The molecule has 3 rings (SSSR count). The number of pyridine rings is 1. The second-order valence-electron chi connectivity index (χ2n) is 5.24. The Morgan fingerprint density at radius 3 is 2.70 bits per heavy atom. The Kier molecular flexibility index (Phi) is 3.84. The van der Waals surface area contributed by atoms with Crippen LogP contribution in [0.4, 0.5) is 4.79 Å². The van der Waals surface area contributed by atoms with Gasteiger partial charge >= 0.3 is 6.09 Å². The summed E-state index contributed by atoms with van der Waals surface area (Å²) in [5.41, 5.74) is 7.50. The molecule has 0 saturated heterocycles. The minimum absolute atomic E-state index is 0.305. The van der Waals surface area contributed by atoms with Crippen LogP contribution >= 0.6 is 0 Å². The van der Waals surface area contributed by atoms with E-state index in [1.807, 2.05) is 18.2 Å². The first kappa shape index (κ1) is 14.8. The first-order valence-electron chi connectivity index (χ1n) is 7.06. The maximum absolute atomic E-state index is 11.1. The van der Waals surface area contributed by atoms with Crippen molar-refractivity contribution in [3.05, 3.63) is 53.2 Å². The van der Waals surface area contributed by atoms with Crippen molar-refractivity contribution < 1.29 is 19.4 Å². The number of carboxylic acid groups (broad SMARTS) is 1. The number of hydrogen-bond donors (Lipinski definition) is 2. The summed E-state index contributed by atoms with van der Waals surface area (Å²) in [5, 5.41) is 9.09. The number of amides is 2. The van der Waals surface area contributed by atoms with Crippen molar-refractivity contribution in [3.8, 4) is 11.6 Å². The SMILES string of the molecule is NC(=O)c1ccc(Oc2ccc3c(c2)CN(C(=O)O)CC3)nc1. The van der Waals surface area contributed by atoms with Crippen LogP contribution in [-0.2, 0) is 13.0 Å². The molecule has 2 amide bonds. The smallest absolute Gasteiger partial charge is 0.407 e. The first-order chi connectivity index (χ1) is 11.0. The summed E-state index contributed by atoms with van der Waals surface area (Å²) in [7, 11) is 0. The minimum Gasteiger partial charge on any atom is -0.465 e. The van der Waals surface area contributed by atoms with Gasteiger partial charge in [0.2, 0.25) is 11.8 Å². The third-order valence-corrected chi connectivity index (χ3v) is 3.70. The zero-order valence-corrected chi connectivity index (χ0v) is 12.2. The summed E-state index contributed by atoms with van der Waals surface area (Å²) in [4.78, 5) is 27.5. The molecule has 23 heavy (non-hydrogen) atoms. The number of nitrogens with two attached hydrogens (primary N) is 1. The molecule has 1 aromatic heterocycles. The molecule has 0 bridgehead atoms. The topological polar surface area (TPSA) is 106 Å². The molecule has 0 unspecified atom stereocenters. The molecule has 0 atom stereocenters. The average molecular weight is 313 g/mol. The second-order valence-corrected chi connectivity index (χ2v) is 5.24. The van der Waals surface area contributed by atoms with E-state index in [2.05, 4.69) is 4.98 Å². The van der Waals surface area contributed by atoms with E-state index in [1.54, 1.807) is 6.07 Å². The Bertz CT molecular complexity index is 758. The Balaban J connectivity index is 1.78. The molecule has 2 aromatic rings. The highest BCUT2D eigenvalue weighted by Gasteiger charge is 2.20. The molecule has 1 aromatic carbocycles. The average Bonchev–Trinajstić information content (AvgIpc) is 2.54. The molecule has 0 saturated carbocycles. The Morgan fingerprint density at radius 1 is 1.22 bits per heavy atom. The van der Waals surface area contributed by atoms with Gasteiger partial charge in [-0.25, -0.2) is 9.78 Å². The van der Waals surface area contributed by atoms with E-state index in [1.165, 1.54) is 17.2 Å². The van der Waals surface area contributed by atoms with Gasteiger partial charge in [-0.1, -0.05) is 6.07 Å². The number of benzene rings is 1. The lowest BCUT2D eigenvalue weighted by Crippen LogP contribution is -2.34. The van der Waals surface area contributed by atoms with Crippen molar-refractivity contribution in [2.45, 2.75) is 13.0 Å². The van der Waals surface area contributed by atoms with Gasteiger partial charge in [0.25, 0.3) is 0 Å². The number of ether oxygens (including phenoxy) is 1. The van der Waals surface area contributed by atoms with E-state index >= 15 is 0 Å². The van der Waals surface area contributed by atoms with Crippen LogP contribution in [0.1, 0.15) is 21.5 Å². The summed E-state index contributed by atoms with van der Waals surface area (Å²) in [6.07, 6.45) is 1.11. The number of fused-ring (bicyclic) bond motifs is 1. The Labute approximate surface area is 132 Å². The van der Waals surface area contributed by atoms with Crippen molar-refractivity contribution >= 4 is 12.0 Å². The van der Waals surface area contributed by atoms with E-state index in [0.717, 1.165) is 11.1 Å². The zero-order valence-electron chi connectivity index (χ0n) is 12.2. The molecular weight excluding hydrogens is 298 g/mol. The predicted molar refractivity (Wildman–Crippen MR) is 81.4 cm³/mol. The lowest BCUT2D eigenvalue weighted by molar-refractivity contribution is 0.0999. The molecule has 1 aliphatic heterocycles. The molecule has 0 spiro atoms. The summed E-state index contributed by atoms with van der Waals surface area (Å²) in [6, 6.07) is 8.66. The molecule has 0 radical (unpaired) electrons. The van der Waals surface area contributed by atoms with Crippen molar-refractivity contribution in [2.75, 3.05) is 6.54 Å². The predicted octanol–water partition coefficient (Wildman–Crippen LogP) is 2.01. The van der Waals surface area contributed by atoms with Crippen LogP contribution in [0.2, 0.25) is 0 Å². The molecule has 0 fully saturated rings. The molecular formula is C16H15N3O4. The van der Waals surface area contributed by atoms with Gasteiger partial charge in [0.1, 0.15) is 5.75 Å². The highest BCUT2D eigenvalue weighted by atomic mass is 16.5. The van der Waals surface area contributed by atoms with E-state index < -0.39 is 12.0 Å². The van der Waals surface area contributed by atoms with Crippen LogP contribution in [0.15, 0.2) is 36.5 Å². The fraction of sp³-hybridized carbons (Fsp3) is 0.188. The molecule has 3 N–H and O–H groups in total. The molecule has 1 aliphatic rings. The summed E-state index contributed by atoms with van der Waals surface area (Å²) in [5.74, 6) is 0.350. The lowest BCUT2D eigenvalue weighted by atomic mass is 10.00. The highest BCUT2D eigenvalue weighted by Crippen LogP contribution is 2.26. The van der Waals surface area contributed by atoms with Gasteiger partial charge in [-0.2, -0.15) is 0 Å². The number of aromatic nitrogens is 1. The van der Waals surface area contributed by atoms with Crippen LogP contribution in [0.3, 0.4) is 0 Å². The fourth-order valence-corrected chi connectivity index (χ4v) is 2.47. The van der Waals surface area contributed by atoms with E-state index in [4.69, 9.17) is 15.6 Å². The minimum atomic E-state index is -0.925. The third-order valence-electron chi connectivity index (χ3n) is 3.70. The van der Waals surface area contributed by atoms with Gasteiger partial charge < -0.3 is 20.5 Å². The Hall–Kier alpha value is -3.09. The highest BCUT2D eigenvalue weighted by molar-refractivity contribution is 5.92. The number of hydrogen-bond acceptors (Lipinski definition) is 4. The first-order valence-corrected chi connectivity index (χ1v) is 7.06. The zero-order chi connectivity index (χ0) is 16.4. The van der Waals surface area contributed by atoms with Gasteiger partial charge in [-0.15, -0.1) is 0 Å². The van der Waals surface area contributed by atoms with Crippen LogP contribution < -0.4 is 10.5 Å².